The molecule has 1 fully saturated rings. The van der Waals surface area contributed by atoms with E-state index in [0.717, 1.165) is 24.3 Å². The maximum atomic E-state index is 12.7. The fourth-order valence-corrected chi connectivity index (χ4v) is 2.88. The molecule has 1 aromatic rings. The van der Waals surface area contributed by atoms with Crippen LogP contribution < -0.4 is 9.80 Å². The summed E-state index contributed by atoms with van der Waals surface area (Å²) in [4.78, 5) is 16.6. The van der Waals surface area contributed by atoms with E-state index in [1.54, 1.807) is 4.90 Å². The summed E-state index contributed by atoms with van der Waals surface area (Å²) >= 11 is 0. The lowest BCUT2D eigenvalue weighted by Gasteiger charge is -2.42. The zero-order valence-corrected chi connectivity index (χ0v) is 11.1. The molecule has 0 saturated heterocycles. The molecule has 0 N–H and O–H groups in total. The third-order valence-corrected chi connectivity index (χ3v) is 4.32. The Morgan fingerprint density at radius 1 is 1.26 bits per heavy atom. The first-order valence-corrected chi connectivity index (χ1v) is 6.71. The number of benzene rings is 1. The van der Waals surface area contributed by atoms with Gasteiger partial charge in [-0.1, -0.05) is 12.1 Å². The van der Waals surface area contributed by atoms with Gasteiger partial charge in [-0.3, -0.25) is 4.79 Å². The molecule has 1 amide bonds. The highest BCUT2D eigenvalue weighted by molar-refractivity contribution is 6.03. The molecule has 0 bridgehead atoms. The predicted octanol–water partition coefficient (Wildman–Crippen LogP) is 2.16. The number of carbonyl (C=O) groups is 1. The van der Waals surface area contributed by atoms with Crippen LogP contribution in [-0.2, 0) is 4.79 Å². The fraction of sp³-hybridized carbons (Fsp3) is 0.467. The summed E-state index contributed by atoms with van der Waals surface area (Å²) in [6, 6.07) is 10.2. The number of nitrogens with zero attached hydrogens (tertiary/aromatic N) is 3. The number of hydrogen-bond donors (Lipinski definition) is 0. The fourth-order valence-electron chi connectivity index (χ4n) is 2.88. The Hall–Kier alpha value is -2.02. The highest BCUT2D eigenvalue weighted by Crippen LogP contribution is 2.44. The van der Waals surface area contributed by atoms with Crippen molar-refractivity contribution in [2.75, 3.05) is 29.9 Å². The summed E-state index contributed by atoms with van der Waals surface area (Å²) in [5.74, 6) is -0.0122. The monoisotopic (exact) mass is 255 g/mol. The molecule has 0 atom stereocenters. The van der Waals surface area contributed by atoms with Crippen molar-refractivity contribution in [1.29, 1.82) is 5.26 Å². The number of nitriles is 1. The molecule has 1 saturated carbocycles. The van der Waals surface area contributed by atoms with Gasteiger partial charge in [0.15, 0.2) is 0 Å². The van der Waals surface area contributed by atoms with Gasteiger partial charge in [0, 0.05) is 20.1 Å². The lowest BCUT2D eigenvalue weighted by atomic mass is 9.69. The number of para-hydroxylation sites is 2. The molecule has 3 rings (SSSR count). The van der Waals surface area contributed by atoms with Crippen LogP contribution in [0.1, 0.15) is 19.3 Å². The number of amides is 1. The number of likely N-dealkylation sites (N-methyl/N-ethyl adjacent to an activating group) is 1. The number of rotatable bonds is 1. The van der Waals surface area contributed by atoms with E-state index in [1.165, 1.54) is 0 Å². The molecule has 19 heavy (non-hydrogen) atoms. The molecule has 0 radical (unpaired) electrons. The molecule has 1 aromatic carbocycles. The first-order chi connectivity index (χ1) is 9.18. The second-order valence-corrected chi connectivity index (χ2v) is 5.41. The van der Waals surface area contributed by atoms with Crippen molar-refractivity contribution < 1.29 is 4.79 Å². The minimum atomic E-state index is -0.761. The van der Waals surface area contributed by atoms with Crippen molar-refractivity contribution in [3.8, 4) is 6.07 Å². The standard InChI is InChI=1S/C15H17N3O/c1-17-9-10-18(13-6-3-2-5-12(13)17)14(19)15(11-16)7-4-8-15/h2-3,5-6H,4,7-10H2,1H3. The quantitative estimate of drug-likeness (QED) is 0.772. The van der Waals surface area contributed by atoms with Crippen LogP contribution in [0.4, 0.5) is 11.4 Å². The smallest absolute Gasteiger partial charge is 0.247 e. The molecule has 2 aliphatic rings. The lowest BCUT2D eigenvalue weighted by molar-refractivity contribution is -0.128. The number of hydrogen-bond acceptors (Lipinski definition) is 3. The molecule has 0 unspecified atom stereocenters. The normalized spacial score (nSPS) is 20.2. The van der Waals surface area contributed by atoms with E-state index in [-0.39, 0.29) is 5.91 Å². The summed E-state index contributed by atoms with van der Waals surface area (Å²) in [5, 5.41) is 9.33. The van der Waals surface area contributed by atoms with Gasteiger partial charge in [-0.05, 0) is 31.4 Å². The van der Waals surface area contributed by atoms with E-state index in [2.05, 4.69) is 11.0 Å². The summed E-state index contributed by atoms with van der Waals surface area (Å²) in [6.45, 7) is 1.47. The minimum absolute atomic E-state index is 0.0122. The summed E-state index contributed by atoms with van der Waals surface area (Å²) in [5.41, 5.74) is 1.24. The highest BCUT2D eigenvalue weighted by atomic mass is 16.2. The Morgan fingerprint density at radius 2 is 1.95 bits per heavy atom. The van der Waals surface area contributed by atoms with Gasteiger partial charge in [0.05, 0.1) is 17.4 Å². The van der Waals surface area contributed by atoms with Crippen LogP contribution in [0.5, 0.6) is 0 Å². The SMILES string of the molecule is CN1CCN(C(=O)C2(C#N)CCC2)c2ccccc21. The maximum Gasteiger partial charge on any atom is 0.247 e. The van der Waals surface area contributed by atoms with E-state index in [9.17, 15) is 10.1 Å². The molecule has 0 aromatic heterocycles. The molecule has 1 aliphatic carbocycles. The molecule has 4 nitrogen and oxygen atoms in total. The number of fused-ring (bicyclic) bond motifs is 1. The van der Waals surface area contributed by atoms with E-state index >= 15 is 0 Å². The van der Waals surface area contributed by atoms with Crippen molar-refractivity contribution in [1.82, 2.24) is 0 Å². The Bertz CT molecular complexity index is 557. The summed E-state index contributed by atoms with van der Waals surface area (Å²) in [7, 11) is 2.03. The second kappa shape index (κ2) is 4.27. The van der Waals surface area contributed by atoms with Crippen molar-refractivity contribution in [2.45, 2.75) is 19.3 Å². The maximum absolute atomic E-state index is 12.7. The molecular formula is C15H17N3O. The molecular weight excluding hydrogens is 238 g/mol. The largest absolute Gasteiger partial charge is 0.371 e. The topological polar surface area (TPSA) is 47.3 Å². The van der Waals surface area contributed by atoms with Gasteiger partial charge in [0.2, 0.25) is 5.91 Å². The Morgan fingerprint density at radius 3 is 2.53 bits per heavy atom. The van der Waals surface area contributed by atoms with E-state index < -0.39 is 5.41 Å². The van der Waals surface area contributed by atoms with Crippen LogP contribution in [0.25, 0.3) is 0 Å². The van der Waals surface area contributed by atoms with Gasteiger partial charge in [0.1, 0.15) is 5.41 Å². The summed E-state index contributed by atoms with van der Waals surface area (Å²) in [6.07, 6.45) is 2.39. The minimum Gasteiger partial charge on any atom is -0.371 e. The Labute approximate surface area is 113 Å². The van der Waals surface area contributed by atoms with Gasteiger partial charge in [-0.2, -0.15) is 5.26 Å². The zero-order valence-electron chi connectivity index (χ0n) is 11.1. The predicted molar refractivity (Wildman–Crippen MR) is 74.0 cm³/mol. The van der Waals surface area contributed by atoms with Gasteiger partial charge < -0.3 is 9.80 Å². The number of carbonyl (C=O) groups excluding carboxylic acids is 1. The van der Waals surface area contributed by atoms with Crippen molar-refractivity contribution >= 4 is 17.3 Å². The molecule has 1 heterocycles. The van der Waals surface area contributed by atoms with E-state index in [0.29, 0.717) is 19.4 Å². The van der Waals surface area contributed by atoms with Gasteiger partial charge in [-0.25, -0.2) is 0 Å². The van der Waals surface area contributed by atoms with Crippen molar-refractivity contribution in [3.63, 3.8) is 0 Å². The van der Waals surface area contributed by atoms with Crippen LogP contribution >= 0.6 is 0 Å². The average Bonchev–Trinajstić information content (AvgIpc) is 2.39. The average molecular weight is 255 g/mol. The number of anilines is 2. The first-order valence-electron chi connectivity index (χ1n) is 6.71. The second-order valence-electron chi connectivity index (χ2n) is 5.41. The van der Waals surface area contributed by atoms with Crippen LogP contribution in [-0.4, -0.2) is 26.0 Å². The summed E-state index contributed by atoms with van der Waals surface area (Å²) < 4.78 is 0. The van der Waals surface area contributed by atoms with Gasteiger partial charge >= 0.3 is 0 Å². The Balaban J connectivity index is 1.97. The van der Waals surface area contributed by atoms with Crippen LogP contribution in [0, 0.1) is 16.7 Å². The highest BCUT2D eigenvalue weighted by Gasteiger charge is 2.48. The van der Waals surface area contributed by atoms with Crippen LogP contribution in [0.3, 0.4) is 0 Å². The molecule has 4 heteroatoms. The first kappa shape index (κ1) is 12.0. The van der Waals surface area contributed by atoms with E-state index in [4.69, 9.17) is 0 Å². The van der Waals surface area contributed by atoms with Crippen molar-refractivity contribution in [3.05, 3.63) is 24.3 Å². The lowest BCUT2D eigenvalue weighted by Crippen LogP contribution is -2.51. The van der Waals surface area contributed by atoms with E-state index in [1.807, 2.05) is 31.3 Å². The van der Waals surface area contributed by atoms with Crippen molar-refractivity contribution in [2.24, 2.45) is 5.41 Å². The van der Waals surface area contributed by atoms with Gasteiger partial charge in [0.25, 0.3) is 0 Å². The van der Waals surface area contributed by atoms with Gasteiger partial charge in [-0.15, -0.1) is 0 Å². The van der Waals surface area contributed by atoms with Crippen LogP contribution in [0.15, 0.2) is 24.3 Å². The third kappa shape index (κ3) is 1.69. The zero-order chi connectivity index (χ0) is 13.5. The molecule has 1 aliphatic heterocycles. The molecule has 0 spiro atoms. The van der Waals surface area contributed by atoms with Crippen LogP contribution in [0.2, 0.25) is 0 Å². The third-order valence-electron chi connectivity index (χ3n) is 4.32. The molecule has 98 valence electrons. The Kier molecular flexibility index (Phi) is 2.70.